The smallest absolute Gasteiger partial charge is 0.471 e. The minimum atomic E-state index is -4.70. The van der Waals surface area contributed by atoms with Crippen molar-refractivity contribution in [2.45, 2.75) is 6.18 Å². The van der Waals surface area contributed by atoms with Crippen LogP contribution in [0.1, 0.15) is 5.89 Å². The van der Waals surface area contributed by atoms with Gasteiger partial charge >= 0.3 is 12.1 Å². The summed E-state index contributed by atoms with van der Waals surface area (Å²) in [6, 6.07) is 10.2. The number of ether oxygens (including phenoxy) is 2. The molecule has 0 spiro atoms. The Labute approximate surface area is 186 Å². The Balaban J connectivity index is 1.28. The summed E-state index contributed by atoms with van der Waals surface area (Å²) in [6.07, 6.45) is -3.31. The van der Waals surface area contributed by atoms with Crippen molar-refractivity contribution < 1.29 is 32.0 Å². The van der Waals surface area contributed by atoms with Gasteiger partial charge in [0.1, 0.15) is 17.3 Å². The molecule has 1 saturated heterocycles. The molecule has 4 rings (SSSR count). The van der Waals surface area contributed by atoms with Crippen molar-refractivity contribution in [2.24, 2.45) is 0 Å². The number of benzene rings is 1. The number of halogens is 3. The summed E-state index contributed by atoms with van der Waals surface area (Å²) >= 11 is 0. The number of hydrogen-bond donors (Lipinski definition) is 0. The number of alkyl halides is 3. The van der Waals surface area contributed by atoms with Crippen LogP contribution < -0.4 is 14.4 Å². The summed E-state index contributed by atoms with van der Waals surface area (Å²) in [7, 11) is 1.57. The van der Waals surface area contributed by atoms with Gasteiger partial charge in [-0.05, 0) is 36.4 Å². The van der Waals surface area contributed by atoms with Crippen LogP contribution in [0.2, 0.25) is 0 Å². The Hall–Kier alpha value is -3.83. The van der Waals surface area contributed by atoms with Gasteiger partial charge in [0.25, 0.3) is 5.91 Å². The Bertz CT molecular complexity index is 1080. The molecule has 1 aliphatic rings. The van der Waals surface area contributed by atoms with Crippen LogP contribution in [0.3, 0.4) is 0 Å². The summed E-state index contributed by atoms with van der Waals surface area (Å²) in [5.74, 6) is 0.212. The first-order chi connectivity index (χ1) is 15.8. The summed E-state index contributed by atoms with van der Waals surface area (Å²) in [5, 5.41) is 3.35. The number of methoxy groups -OCH3 is 1. The minimum Gasteiger partial charge on any atom is -0.497 e. The second-order valence-corrected chi connectivity index (χ2v) is 7.16. The van der Waals surface area contributed by atoms with E-state index in [2.05, 4.69) is 19.6 Å². The van der Waals surface area contributed by atoms with Crippen molar-refractivity contribution in [3.63, 3.8) is 0 Å². The quantitative estimate of drug-likeness (QED) is 0.551. The highest BCUT2D eigenvalue weighted by atomic mass is 19.4. The average molecular weight is 463 g/mol. The lowest BCUT2D eigenvalue weighted by Gasteiger charge is -2.35. The SMILES string of the molecule is COc1ccc(OCC(=O)N2CCN(c3ccc(-c4noc(C(F)(F)F)n4)cn3)CC2)cc1. The van der Waals surface area contributed by atoms with Gasteiger partial charge in [0.05, 0.1) is 7.11 Å². The van der Waals surface area contributed by atoms with Crippen LogP contribution in [-0.2, 0) is 11.0 Å². The molecule has 0 N–H and O–H groups in total. The normalized spacial score (nSPS) is 14.3. The van der Waals surface area contributed by atoms with Crippen LogP contribution in [0.5, 0.6) is 11.5 Å². The van der Waals surface area contributed by atoms with E-state index in [1.54, 1.807) is 48.4 Å². The Morgan fingerprint density at radius 3 is 2.33 bits per heavy atom. The molecular weight excluding hydrogens is 443 g/mol. The third-order valence-electron chi connectivity index (χ3n) is 5.05. The van der Waals surface area contributed by atoms with E-state index in [0.717, 1.165) is 0 Å². The predicted molar refractivity (Wildman–Crippen MR) is 110 cm³/mol. The Morgan fingerprint density at radius 1 is 1.06 bits per heavy atom. The maximum Gasteiger partial charge on any atom is 0.471 e. The highest BCUT2D eigenvalue weighted by Crippen LogP contribution is 2.29. The molecule has 0 bridgehead atoms. The van der Waals surface area contributed by atoms with Gasteiger partial charge < -0.3 is 23.8 Å². The number of nitrogens with zero attached hydrogens (tertiary/aromatic N) is 5. The summed E-state index contributed by atoms with van der Waals surface area (Å²) in [6.45, 7) is 2.04. The summed E-state index contributed by atoms with van der Waals surface area (Å²) in [5.41, 5.74) is 0.308. The molecule has 0 aliphatic carbocycles. The van der Waals surface area contributed by atoms with Crippen molar-refractivity contribution >= 4 is 11.7 Å². The molecule has 174 valence electrons. The van der Waals surface area contributed by atoms with E-state index in [0.29, 0.717) is 49.1 Å². The highest BCUT2D eigenvalue weighted by Gasteiger charge is 2.38. The average Bonchev–Trinajstić information content (AvgIpc) is 3.34. The lowest BCUT2D eigenvalue weighted by atomic mass is 10.2. The van der Waals surface area contributed by atoms with Crippen molar-refractivity contribution in [3.05, 3.63) is 48.5 Å². The fraction of sp³-hybridized carbons (Fsp3) is 0.333. The monoisotopic (exact) mass is 463 g/mol. The molecule has 1 fully saturated rings. The lowest BCUT2D eigenvalue weighted by molar-refractivity contribution is -0.159. The van der Waals surface area contributed by atoms with Gasteiger partial charge in [-0.3, -0.25) is 4.79 Å². The predicted octanol–water partition coefficient (Wildman–Crippen LogP) is 2.89. The molecule has 1 aromatic carbocycles. The van der Waals surface area contributed by atoms with Gasteiger partial charge in [-0.1, -0.05) is 5.16 Å². The van der Waals surface area contributed by atoms with Crippen LogP contribution in [-0.4, -0.2) is 65.8 Å². The van der Waals surface area contributed by atoms with Crippen LogP contribution in [0.25, 0.3) is 11.4 Å². The number of rotatable bonds is 6. The van der Waals surface area contributed by atoms with E-state index in [1.807, 2.05) is 4.90 Å². The first-order valence-electron chi connectivity index (χ1n) is 10.0. The number of carbonyl (C=O) groups excluding carboxylic acids is 1. The van der Waals surface area contributed by atoms with E-state index < -0.39 is 12.1 Å². The zero-order chi connectivity index (χ0) is 23.4. The number of amides is 1. The van der Waals surface area contributed by atoms with Crippen molar-refractivity contribution in [2.75, 3.05) is 44.8 Å². The number of anilines is 1. The third-order valence-corrected chi connectivity index (χ3v) is 5.05. The molecule has 3 heterocycles. The van der Waals surface area contributed by atoms with E-state index in [4.69, 9.17) is 9.47 Å². The fourth-order valence-corrected chi connectivity index (χ4v) is 3.25. The van der Waals surface area contributed by atoms with E-state index in [-0.39, 0.29) is 18.3 Å². The molecule has 9 nitrogen and oxygen atoms in total. The van der Waals surface area contributed by atoms with E-state index in [9.17, 15) is 18.0 Å². The molecule has 33 heavy (non-hydrogen) atoms. The molecular formula is C21H20F3N5O4. The zero-order valence-electron chi connectivity index (χ0n) is 17.6. The molecule has 1 amide bonds. The van der Waals surface area contributed by atoms with Gasteiger partial charge in [-0.15, -0.1) is 0 Å². The van der Waals surface area contributed by atoms with Gasteiger partial charge in [0.2, 0.25) is 5.82 Å². The first-order valence-corrected chi connectivity index (χ1v) is 10.0. The molecule has 12 heteroatoms. The maximum atomic E-state index is 12.6. The van der Waals surface area contributed by atoms with Gasteiger partial charge in [0, 0.05) is 37.9 Å². The molecule has 0 radical (unpaired) electrons. The number of piperazine rings is 1. The van der Waals surface area contributed by atoms with E-state index in [1.165, 1.54) is 6.20 Å². The number of aromatic nitrogens is 3. The molecule has 0 atom stereocenters. The van der Waals surface area contributed by atoms with Gasteiger partial charge in [0.15, 0.2) is 6.61 Å². The van der Waals surface area contributed by atoms with Crippen molar-refractivity contribution in [3.8, 4) is 22.9 Å². The molecule has 0 unspecified atom stereocenters. The Kier molecular flexibility index (Phi) is 6.33. The van der Waals surface area contributed by atoms with Crippen molar-refractivity contribution in [1.82, 2.24) is 20.0 Å². The van der Waals surface area contributed by atoms with Crippen LogP contribution in [0.4, 0.5) is 19.0 Å². The summed E-state index contributed by atoms with van der Waals surface area (Å²) < 4.78 is 52.7. The second-order valence-electron chi connectivity index (χ2n) is 7.16. The largest absolute Gasteiger partial charge is 0.497 e. The van der Waals surface area contributed by atoms with Crippen LogP contribution in [0.15, 0.2) is 47.1 Å². The third kappa shape index (κ3) is 5.33. The number of hydrogen-bond acceptors (Lipinski definition) is 8. The maximum absolute atomic E-state index is 12.6. The zero-order valence-corrected chi connectivity index (χ0v) is 17.6. The minimum absolute atomic E-state index is 0.0656. The topological polar surface area (TPSA) is 93.8 Å². The standard InChI is InChI=1S/C21H20F3N5O4/c1-31-15-3-5-16(6-4-15)32-13-18(30)29-10-8-28(9-11-29)17-7-2-14(12-25-17)19-26-20(33-27-19)21(22,23)24/h2-7,12H,8-11,13H2,1H3. The second kappa shape index (κ2) is 9.35. The number of pyridine rings is 1. The molecule has 2 aromatic heterocycles. The van der Waals surface area contributed by atoms with Crippen molar-refractivity contribution in [1.29, 1.82) is 0 Å². The lowest BCUT2D eigenvalue weighted by Crippen LogP contribution is -2.50. The first kappa shape index (κ1) is 22.4. The van der Waals surface area contributed by atoms with Gasteiger partial charge in [-0.2, -0.15) is 18.2 Å². The molecule has 3 aromatic rings. The Morgan fingerprint density at radius 2 is 1.76 bits per heavy atom. The highest BCUT2D eigenvalue weighted by molar-refractivity contribution is 5.78. The fourth-order valence-electron chi connectivity index (χ4n) is 3.25. The molecule has 0 saturated carbocycles. The van der Waals surface area contributed by atoms with Gasteiger partial charge in [-0.25, -0.2) is 4.98 Å². The molecule has 1 aliphatic heterocycles. The van der Waals surface area contributed by atoms with Crippen LogP contribution >= 0.6 is 0 Å². The summed E-state index contributed by atoms with van der Waals surface area (Å²) in [4.78, 5) is 23.8. The van der Waals surface area contributed by atoms with Crippen LogP contribution in [0, 0.1) is 0 Å². The number of carbonyl (C=O) groups is 1. The van der Waals surface area contributed by atoms with E-state index >= 15 is 0 Å².